The molecule has 36 heavy (non-hydrogen) atoms. The zero-order valence-electron chi connectivity index (χ0n) is 19.9. The Morgan fingerprint density at radius 3 is 2.22 bits per heavy atom. The Balaban J connectivity index is 1.51. The molecule has 4 aromatic rings. The second-order valence-electron chi connectivity index (χ2n) is 8.62. The number of carbonyl (C=O) groups excluding carboxylic acids is 1. The quantitative estimate of drug-likeness (QED) is 0.353. The van der Waals surface area contributed by atoms with Gasteiger partial charge in [0.1, 0.15) is 29.2 Å². The Labute approximate surface area is 207 Å². The Bertz CT molecular complexity index is 1350. The van der Waals surface area contributed by atoms with Crippen LogP contribution in [0.4, 0.5) is 8.78 Å². The van der Waals surface area contributed by atoms with Gasteiger partial charge in [-0.1, -0.05) is 12.1 Å². The average molecular weight is 490 g/mol. The molecule has 0 unspecified atom stereocenters. The number of ether oxygens (including phenoxy) is 2. The number of hydrogen-bond donors (Lipinski definition) is 0. The minimum absolute atomic E-state index is 0.118. The molecule has 3 aromatic carbocycles. The molecular formula is C28H25F2N3O3. The molecule has 2 heterocycles. The van der Waals surface area contributed by atoms with Crippen LogP contribution in [0.15, 0.2) is 79.0 Å². The largest absolute Gasteiger partial charge is 0.497 e. The first-order chi connectivity index (χ1) is 17.4. The van der Waals surface area contributed by atoms with Gasteiger partial charge >= 0.3 is 0 Å². The summed E-state index contributed by atoms with van der Waals surface area (Å²) in [5.41, 5.74) is 3.60. The molecular weight excluding hydrogens is 464 g/mol. The maximum atomic E-state index is 13.6. The zero-order valence-corrected chi connectivity index (χ0v) is 19.9. The van der Waals surface area contributed by atoms with E-state index < -0.39 is 12.3 Å². The van der Waals surface area contributed by atoms with Gasteiger partial charge in [0, 0.05) is 23.9 Å². The van der Waals surface area contributed by atoms with Crippen LogP contribution in [-0.2, 0) is 16.0 Å². The van der Waals surface area contributed by atoms with E-state index in [1.807, 2.05) is 24.3 Å². The molecule has 0 bridgehead atoms. The average Bonchev–Trinajstić information content (AvgIpc) is 3.45. The zero-order chi connectivity index (χ0) is 25.2. The third-order valence-corrected chi connectivity index (χ3v) is 6.26. The second kappa shape index (κ2) is 9.91. The van der Waals surface area contributed by atoms with Gasteiger partial charge in [-0.3, -0.25) is 4.79 Å². The van der Waals surface area contributed by atoms with Crippen molar-refractivity contribution in [3.8, 4) is 22.7 Å². The number of halogens is 2. The molecule has 1 fully saturated rings. The minimum atomic E-state index is -0.681. The van der Waals surface area contributed by atoms with E-state index in [2.05, 4.69) is 0 Å². The number of methoxy groups -OCH3 is 1. The monoisotopic (exact) mass is 489 g/mol. The Morgan fingerprint density at radius 2 is 1.58 bits per heavy atom. The van der Waals surface area contributed by atoms with Gasteiger partial charge in [0.25, 0.3) is 5.91 Å². The van der Waals surface area contributed by atoms with Gasteiger partial charge < -0.3 is 14.4 Å². The van der Waals surface area contributed by atoms with Crippen molar-refractivity contribution in [3.63, 3.8) is 0 Å². The molecule has 1 amide bonds. The van der Waals surface area contributed by atoms with E-state index in [0.717, 1.165) is 11.3 Å². The summed E-state index contributed by atoms with van der Waals surface area (Å²) in [6.07, 6.45) is 1.10. The van der Waals surface area contributed by atoms with Gasteiger partial charge in [-0.2, -0.15) is 5.10 Å². The van der Waals surface area contributed by atoms with Crippen molar-refractivity contribution in [3.05, 3.63) is 102 Å². The molecule has 8 heteroatoms. The predicted octanol–water partition coefficient (Wildman–Crippen LogP) is 5.31. The summed E-state index contributed by atoms with van der Waals surface area (Å²) in [7, 11) is 1.62. The van der Waals surface area contributed by atoms with Crippen molar-refractivity contribution in [2.45, 2.75) is 25.7 Å². The van der Waals surface area contributed by atoms with E-state index in [9.17, 15) is 13.6 Å². The number of amides is 1. The smallest absolute Gasteiger partial charge is 0.253 e. The molecule has 1 aliphatic heterocycles. The maximum absolute atomic E-state index is 13.6. The fourth-order valence-corrected chi connectivity index (χ4v) is 4.31. The van der Waals surface area contributed by atoms with E-state index >= 15 is 0 Å². The fourth-order valence-electron chi connectivity index (χ4n) is 4.31. The van der Waals surface area contributed by atoms with E-state index in [0.29, 0.717) is 35.5 Å². The third-order valence-electron chi connectivity index (χ3n) is 6.26. The number of hydrogen-bond acceptors (Lipinski definition) is 4. The lowest BCUT2D eigenvalue weighted by molar-refractivity contribution is -0.130. The molecule has 5 rings (SSSR count). The molecule has 0 N–H and O–H groups in total. The molecule has 0 saturated carbocycles. The van der Waals surface area contributed by atoms with Gasteiger partial charge in [0.2, 0.25) is 0 Å². The molecule has 6 nitrogen and oxygen atoms in total. The fraction of sp³-hybridized carbons (Fsp3) is 0.214. The predicted molar refractivity (Wildman–Crippen MR) is 131 cm³/mol. The summed E-state index contributed by atoms with van der Waals surface area (Å²) < 4.78 is 40.1. The van der Waals surface area contributed by atoms with E-state index in [1.54, 1.807) is 54.1 Å². The molecule has 0 spiro atoms. The highest BCUT2D eigenvalue weighted by Gasteiger charge is 2.40. The minimum Gasteiger partial charge on any atom is -0.497 e. The van der Waals surface area contributed by atoms with Crippen molar-refractivity contribution in [2.75, 3.05) is 13.7 Å². The van der Waals surface area contributed by atoms with Crippen molar-refractivity contribution in [1.82, 2.24) is 14.7 Å². The molecule has 184 valence electrons. The van der Waals surface area contributed by atoms with Crippen LogP contribution < -0.4 is 4.74 Å². The van der Waals surface area contributed by atoms with Crippen molar-refractivity contribution >= 4 is 5.91 Å². The van der Waals surface area contributed by atoms with Gasteiger partial charge in [-0.05, 0) is 79.6 Å². The molecule has 0 radical (unpaired) electrons. The summed E-state index contributed by atoms with van der Waals surface area (Å²) in [4.78, 5) is 14.8. The van der Waals surface area contributed by atoms with Crippen LogP contribution >= 0.6 is 0 Å². The van der Waals surface area contributed by atoms with Gasteiger partial charge in [-0.15, -0.1) is 0 Å². The highest BCUT2D eigenvalue weighted by atomic mass is 19.1. The number of nitrogens with zero attached hydrogens (tertiary/aromatic N) is 3. The van der Waals surface area contributed by atoms with Crippen LogP contribution in [-0.4, -0.2) is 40.3 Å². The molecule has 1 aliphatic rings. The highest BCUT2D eigenvalue weighted by molar-refractivity contribution is 5.83. The lowest BCUT2D eigenvalue weighted by Gasteiger charge is -2.23. The first-order valence-electron chi connectivity index (χ1n) is 11.6. The summed E-state index contributed by atoms with van der Waals surface area (Å²) in [5.74, 6) is -0.0653. The second-order valence-corrected chi connectivity index (χ2v) is 8.62. The topological polar surface area (TPSA) is 56.6 Å². The van der Waals surface area contributed by atoms with Crippen LogP contribution in [0.2, 0.25) is 0 Å². The Morgan fingerprint density at radius 1 is 0.944 bits per heavy atom. The normalized spacial score (nSPS) is 17.6. The standard InChI is InChI=1S/C28H25F2N3O3/c1-18-27(34)32(16-15-19-3-13-24(35-2)14-4-19)28(36-18)25-17-33(23-11-9-22(30)10-12-23)31-26(25)20-5-7-21(29)8-6-20/h3-14,17-18,28H,15-16H2,1-2H3/t18-,28+/m0/s1. The van der Waals surface area contributed by atoms with Crippen LogP contribution in [0, 0.1) is 11.6 Å². The van der Waals surface area contributed by atoms with Crippen LogP contribution in [0.3, 0.4) is 0 Å². The summed E-state index contributed by atoms with van der Waals surface area (Å²) >= 11 is 0. The molecule has 2 atom stereocenters. The molecule has 1 aromatic heterocycles. The van der Waals surface area contributed by atoms with Crippen molar-refractivity contribution < 1.29 is 23.0 Å². The van der Waals surface area contributed by atoms with Crippen LogP contribution in [0.5, 0.6) is 5.75 Å². The van der Waals surface area contributed by atoms with Crippen molar-refractivity contribution in [2.24, 2.45) is 0 Å². The first-order valence-corrected chi connectivity index (χ1v) is 11.6. The summed E-state index contributed by atoms with van der Waals surface area (Å²) in [6, 6.07) is 19.6. The SMILES string of the molecule is COc1ccc(CCN2C(=O)[C@H](C)O[C@@H]2c2cn(-c3ccc(F)cc3)nc2-c2ccc(F)cc2)cc1. The van der Waals surface area contributed by atoms with Gasteiger partial charge in [-0.25, -0.2) is 13.5 Å². The number of rotatable bonds is 7. The van der Waals surface area contributed by atoms with E-state index in [-0.39, 0.29) is 17.5 Å². The summed E-state index contributed by atoms with van der Waals surface area (Å²) in [6.45, 7) is 2.16. The van der Waals surface area contributed by atoms with E-state index in [1.165, 1.54) is 24.3 Å². The Kier molecular flexibility index (Phi) is 6.52. The lowest BCUT2D eigenvalue weighted by Crippen LogP contribution is -2.32. The number of carbonyl (C=O) groups is 1. The maximum Gasteiger partial charge on any atom is 0.253 e. The number of aromatic nitrogens is 2. The van der Waals surface area contributed by atoms with Gasteiger partial charge in [0.05, 0.1) is 12.8 Å². The lowest BCUT2D eigenvalue weighted by atomic mass is 10.1. The van der Waals surface area contributed by atoms with Gasteiger partial charge in [0.15, 0.2) is 6.23 Å². The highest BCUT2D eigenvalue weighted by Crippen LogP contribution is 2.37. The summed E-state index contributed by atoms with van der Waals surface area (Å²) in [5, 5.41) is 4.72. The third kappa shape index (κ3) is 4.72. The first kappa shape index (κ1) is 23.7. The molecule has 1 saturated heterocycles. The molecule has 0 aliphatic carbocycles. The Hall–Kier alpha value is -4.04. The number of benzene rings is 3. The van der Waals surface area contributed by atoms with Crippen LogP contribution in [0.1, 0.15) is 24.3 Å². The van der Waals surface area contributed by atoms with E-state index in [4.69, 9.17) is 14.6 Å². The van der Waals surface area contributed by atoms with Crippen molar-refractivity contribution in [1.29, 1.82) is 0 Å². The van der Waals surface area contributed by atoms with Crippen LogP contribution in [0.25, 0.3) is 16.9 Å².